The van der Waals surface area contributed by atoms with Crippen molar-refractivity contribution in [2.45, 2.75) is 39.3 Å². The first kappa shape index (κ1) is 18.6. The van der Waals surface area contributed by atoms with E-state index in [1.54, 1.807) is 0 Å². The minimum atomic E-state index is 0.0924. The Labute approximate surface area is 166 Å². The first-order valence-corrected chi connectivity index (χ1v) is 10.0. The minimum absolute atomic E-state index is 0.0924. The molecule has 28 heavy (non-hydrogen) atoms. The van der Waals surface area contributed by atoms with Crippen LogP contribution in [-0.4, -0.2) is 34.9 Å². The molecule has 1 atom stereocenters. The van der Waals surface area contributed by atoms with Gasteiger partial charge in [0.05, 0.1) is 11.9 Å². The molecule has 0 aliphatic carbocycles. The van der Waals surface area contributed by atoms with Gasteiger partial charge in [-0.25, -0.2) is 0 Å². The van der Waals surface area contributed by atoms with Gasteiger partial charge in [0.1, 0.15) is 0 Å². The SMILES string of the molecule is Cc1nc2ccccc2c(C)c1CC(=O)N[C@@H]1CCN(Cc2ccccc2)C1. The van der Waals surface area contributed by atoms with Crippen molar-refractivity contribution in [1.82, 2.24) is 15.2 Å². The fraction of sp³-hybridized carbons (Fsp3) is 0.333. The average molecular weight is 374 g/mol. The molecule has 4 nitrogen and oxygen atoms in total. The van der Waals surface area contributed by atoms with E-state index in [2.05, 4.69) is 47.5 Å². The van der Waals surface area contributed by atoms with Crippen LogP contribution in [0.2, 0.25) is 0 Å². The molecule has 1 amide bonds. The van der Waals surface area contributed by atoms with Gasteiger partial charge in [-0.15, -0.1) is 0 Å². The van der Waals surface area contributed by atoms with Crippen LogP contribution in [0, 0.1) is 13.8 Å². The zero-order chi connectivity index (χ0) is 19.5. The Morgan fingerprint density at radius 2 is 1.86 bits per heavy atom. The van der Waals surface area contributed by atoms with Gasteiger partial charge in [-0.05, 0) is 43.0 Å². The van der Waals surface area contributed by atoms with Crippen molar-refractivity contribution in [1.29, 1.82) is 0 Å². The second-order valence-corrected chi connectivity index (χ2v) is 7.77. The van der Waals surface area contributed by atoms with Crippen molar-refractivity contribution in [3.63, 3.8) is 0 Å². The van der Waals surface area contributed by atoms with E-state index in [0.29, 0.717) is 6.42 Å². The van der Waals surface area contributed by atoms with Crippen LogP contribution >= 0.6 is 0 Å². The van der Waals surface area contributed by atoms with Gasteiger partial charge in [-0.3, -0.25) is 14.7 Å². The van der Waals surface area contributed by atoms with E-state index in [9.17, 15) is 4.79 Å². The van der Waals surface area contributed by atoms with Gasteiger partial charge in [0.25, 0.3) is 0 Å². The molecule has 0 unspecified atom stereocenters. The molecule has 1 fully saturated rings. The normalized spacial score (nSPS) is 17.1. The van der Waals surface area contributed by atoms with Crippen molar-refractivity contribution in [2.24, 2.45) is 0 Å². The summed E-state index contributed by atoms with van der Waals surface area (Å²) in [5, 5.41) is 4.37. The summed E-state index contributed by atoms with van der Waals surface area (Å²) in [5.41, 5.74) is 5.48. The van der Waals surface area contributed by atoms with E-state index in [-0.39, 0.29) is 11.9 Å². The number of rotatable bonds is 5. The van der Waals surface area contributed by atoms with E-state index >= 15 is 0 Å². The number of benzene rings is 2. The van der Waals surface area contributed by atoms with Crippen LogP contribution in [0.4, 0.5) is 0 Å². The molecule has 0 saturated carbocycles. The third-order valence-corrected chi connectivity index (χ3v) is 5.71. The number of pyridine rings is 1. The molecule has 0 bridgehead atoms. The third kappa shape index (κ3) is 4.07. The van der Waals surface area contributed by atoms with Crippen molar-refractivity contribution in [3.8, 4) is 0 Å². The standard InChI is InChI=1S/C24H27N3O/c1-17-21-10-6-7-11-23(21)25-18(2)22(17)14-24(28)26-20-12-13-27(16-20)15-19-8-4-3-5-9-19/h3-11,20H,12-16H2,1-2H3,(H,26,28)/t20-/m1/s1. The van der Waals surface area contributed by atoms with Crippen LogP contribution in [0.3, 0.4) is 0 Å². The second-order valence-electron chi connectivity index (χ2n) is 7.77. The highest BCUT2D eigenvalue weighted by Gasteiger charge is 2.24. The number of para-hydroxylation sites is 1. The summed E-state index contributed by atoms with van der Waals surface area (Å²) >= 11 is 0. The molecule has 1 aromatic heterocycles. The average Bonchev–Trinajstić information content (AvgIpc) is 3.12. The van der Waals surface area contributed by atoms with Gasteiger partial charge in [0, 0.05) is 36.8 Å². The number of nitrogens with zero attached hydrogens (tertiary/aromatic N) is 2. The van der Waals surface area contributed by atoms with Crippen LogP contribution in [0.15, 0.2) is 54.6 Å². The Morgan fingerprint density at radius 3 is 2.68 bits per heavy atom. The van der Waals surface area contributed by atoms with Gasteiger partial charge < -0.3 is 5.32 Å². The van der Waals surface area contributed by atoms with Gasteiger partial charge in [0.15, 0.2) is 0 Å². The zero-order valence-corrected chi connectivity index (χ0v) is 16.6. The van der Waals surface area contributed by atoms with Crippen molar-refractivity contribution >= 4 is 16.8 Å². The fourth-order valence-electron chi connectivity index (χ4n) is 4.21. The van der Waals surface area contributed by atoms with Crippen LogP contribution in [0.1, 0.15) is 28.8 Å². The number of hydrogen-bond donors (Lipinski definition) is 1. The predicted molar refractivity (Wildman–Crippen MR) is 113 cm³/mol. The van der Waals surface area contributed by atoms with E-state index in [4.69, 9.17) is 4.98 Å². The lowest BCUT2D eigenvalue weighted by Crippen LogP contribution is -2.38. The van der Waals surface area contributed by atoms with Crippen LogP contribution in [0.25, 0.3) is 10.9 Å². The van der Waals surface area contributed by atoms with E-state index in [1.807, 2.05) is 31.2 Å². The zero-order valence-electron chi connectivity index (χ0n) is 16.6. The molecular weight excluding hydrogens is 346 g/mol. The lowest BCUT2D eigenvalue weighted by Gasteiger charge is -2.17. The predicted octanol–water partition coefficient (Wildman–Crippen LogP) is 3.78. The van der Waals surface area contributed by atoms with E-state index in [0.717, 1.165) is 53.8 Å². The smallest absolute Gasteiger partial charge is 0.224 e. The maximum absolute atomic E-state index is 12.7. The first-order chi connectivity index (χ1) is 13.6. The van der Waals surface area contributed by atoms with E-state index < -0.39 is 0 Å². The summed E-state index contributed by atoms with van der Waals surface area (Å²) in [7, 11) is 0. The Balaban J connectivity index is 1.38. The number of amides is 1. The molecule has 0 spiro atoms. The summed E-state index contributed by atoms with van der Waals surface area (Å²) < 4.78 is 0. The van der Waals surface area contributed by atoms with Crippen molar-refractivity contribution < 1.29 is 4.79 Å². The fourth-order valence-corrected chi connectivity index (χ4v) is 4.21. The third-order valence-electron chi connectivity index (χ3n) is 5.71. The summed E-state index contributed by atoms with van der Waals surface area (Å²) in [4.78, 5) is 19.8. The summed E-state index contributed by atoms with van der Waals surface area (Å²) in [5.74, 6) is 0.0924. The molecule has 4 rings (SSSR count). The molecule has 1 aliphatic rings. The number of likely N-dealkylation sites (tertiary alicyclic amines) is 1. The molecule has 2 aromatic carbocycles. The van der Waals surface area contributed by atoms with Crippen molar-refractivity contribution in [3.05, 3.63) is 77.0 Å². The topological polar surface area (TPSA) is 45.2 Å². The molecule has 3 aromatic rings. The quantitative estimate of drug-likeness (QED) is 0.740. The Morgan fingerprint density at radius 1 is 1.11 bits per heavy atom. The Kier molecular flexibility index (Phi) is 5.40. The number of nitrogens with one attached hydrogen (secondary N) is 1. The highest BCUT2D eigenvalue weighted by Crippen LogP contribution is 2.23. The van der Waals surface area contributed by atoms with Gasteiger partial charge in [-0.1, -0.05) is 48.5 Å². The number of carbonyl (C=O) groups is 1. The molecule has 1 aliphatic heterocycles. The first-order valence-electron chi connectivity index (χ1n) is 10.0. The monoisotopic (exact) mass is 373 g/mol. The molecule has 1 saturated heterocycles. The van der Waals surface area contributed by atoms with Crippen molar-refractivity contribution in [2.75, 3.05) is 13.1 Å². The van der Waals surface area contributed by atoms with Crippen LogP contribution in [-0.2, 0) is 17.8 Å². The van der Waals surface area contributed by atoms with Gasteiger partial charge >= 0.3 is 0 Å². The molecule has 0 radical (unpaired) electrons. The highest BCUT2D eigenvalue weighted by atomic mass is 16.1. The lowest BCUT2D eigenvalue weighted by atomic mass is 9.99. The Hall–Kier alpha value is -2.72. The number of fused-ring (bicyclic) bond motifs is 1. The number of aryl methyl sites for hydroxylation is 2. The maximum Gasteiger partial charge on any atom is 0.224 e. The van der Waals surface area contributed by atoms with Gasteiger partial charge in [-0.2, -0.15) is 0 Å². The van der Waals surface area contributed by atoms with E-state index in [1.165, 1.54) is 5.56 Å². The largest absolute Gasteiger partial charge is 0.352 e. The minimum Gasteiger partial charge on any atom is -0.352 e. The highest BCUT2D eigenvalue weighted by molar-refractivity contribution is 5.86. The molecular formula is C24H27N3O. The summed E-state index contributed by atoms with van der Waals surface area (Å²) in [6.45, 7) is 6.97. The summed E-state index contributed by atoms with van der Waals surface area (Å²) in [6.07, 6.45) is 1.40. The summed E-state index contributed by atoms with van der Waals surface area (Å²) in [6, 6.07) is 18.9. The lowest BCUT2D eigenvalue weighted by molar-refractivity contribution is -0.121. The maximum atomic E-state index is 12.7. The molecule has 1 N–H and O–H groups in total. The number of carbonyl (C=O) groups excluding carboxylic acids is 1. The second kappa shape index (κ2) is 8.11. The number of hydrogen-bond acceptors (Lipinski definition) is 3. The van der Waals surface area contributed by atoms with Crippen LogP contribution in [0.5, 0.6) is 0 Å². The molecule has 2 heterocycles. The number of aromatic nitrogens is 1. The van der Waals surface area contributed by atoms with Gasteiger partial charge in [0.2, 0.25) is 5.91 Å². The molecule has 144 valence electrons. The molecule has 4 heteroatoms. The van der Waals surface area contributed by atoms with Crippen LogP contribution < -0.4 is 5.32 Å². The Bertz CT molecular complexity index is 984.